The lowest BCUT2D eigenvalue weighted by atomic mass is 10.0. The first-order chi connectivity index (χ1) is 22.0. The molecule has 46 heavy (non-hydrogen) atoms. The van der Waals surface area contributed by atoms with Gasteiger partial charge in [0.15, 0.2) is 6.79 Å². The first-order valence-electron chi connectivity index (χ1n) is 16.3. The van der Waals surface area contributed by atoms with Crippen LogP contribution >= 0.6 is 0 Å². The highest BCUT2D eigenvalue weighted by atomic mass is 28.3. The molecule has 9 nitrogen and oxygen atoms in total. The van der Waals surface area contributed by atoms with Crippen molar-refractivity contribution in [2.24, 2.45) is 0 Å². The lowest BCUT2D eigenvalue weighted by Gasteiger charge is -2.32. The van der Waals surface area contributed by atoms with Gasteiger partial charge in [-0.15, -0.1) is 0 Å². The Bertz CT molecular complexity index is 1380. The van der Waals surface area contributed by atoms with Gasteiger partial charge < -0.3 is 38.1 Å². The van der Waals surface area contributed by atoms with Crippen molar-refractivity contribution in [1.82, 2.24) is 4.90 Å². The number of ether oxygens (including phenoxy) is 7. The van der Waals surface area contributed by atoms with E-state index >= 15 is 0 Å². The number of nitrogens with zero attached hydrogens (tertiary/aromatic N) is 1. The fourth-order valence-corrected chi connectivity index (χ4v) is 6.10. The van der Waals surface area contributed by atoms with Crippen molar-refractivity contribution in [1.29, 1.82) is 0 Å². The van der Waals surface area contributed by atoms with Gasteiger partial charge in [0, 0.05) is 47.1 Å². The second kappa shape index (κ2) is 15.5. The molecule has 1 atom stereocenters. The quantitative estimate of drug-likeness (QED) is 0.104. The fourth-order valence-electron chi connectivity index (χ4n) is 5.34. The highest BCUT2D eigenvalue weighted by Crippen LogP contribution is 2.35. The first kappa shape index (κ1) is 34.0. The number of cyclic esters (lactones) is 1. The predicted molar refractivity (Wildman–Crippen MR) is 178 cm³/mol. The number of benzene rings is 2. The van der Waals surface area contributed by atoms with Crippen molar-refractivity contribution in [2.45, 2.75) is 83.9 Å². The number of hydrogen-bond donors (Lipinski definition) is 0. The van der Waals surface area contributed by atoms with Gasteiger partial charge in [0.1, 0.15) is 24.2 Å². The number of allylic oxidation sites excluding steroid dienone is 3. The van der Waals surface area contributed by atoms with E-state index in [0.29, 0.717) is 39.5 Å². The van der Waals surface area contributed by atoms with Gasteiger partial charge in [-0.3, -0.25) is 0 Å². The van der Waals surface area contributed by atoms with Crippen molar-refractivity contribution in [3.63, 3.8) is 0 Å². The SMILES string of the molecule is CC1(C)OCc2cc(C3CN(CCC4=CC=C(OCCOCc5ccc(OCOCC[Si](C)(C)C)cc5)CC4)C(=O)O3)ccc2O1. The Morgan fingerprint density at radius 3 is 2.54 bits per heavy atom. The summed E-state index contributed by atoms with van der Waals surface area (Å²) in [5.74, 6) is 1.94. The molecule has 0 N–H and O–H groups in total. The highest BCUT2D eigenvalue weighted by Gasteiger charge is 2.34. The number of amides is 1. The van der Waals surface area contributed by atoms with E-state index in [9.17, 15) is 4.79 Å². The third-order valence-electron chi connectivity index (χ3n) is 8.19. The Balaban J connectivity index is 0.954. The zero-order chi connectivity index (χ0) is 32.6. The first-order valence-corrected chi connectivity index (χ1v) is 20.0. The van der Waals surface area contributed by atoms with Crippen LogP contribution in [-0.2, 0) is 36.9 Å². The lowest BCUT2D eigenvalue weighted by Crippen LogP contribution is -2.35. The zero-order valence-corrected chi connectivity index (χ0v) is 29.0. The van der Waals surface area contributed by atoms with Crippen LogP contribution in [0.3, 0.4) is 0 Å². The topological polar surface area (TPSA) is 84.9 Å². The number of hydrogen-bond acceptors (Lipinski definition) is 8. The van der Waals surface area contributed by atoms with Crippen molar-refractivity contribution in [3.8, 4) is 11.5 Å². The molecular formula is C36H49NO8Si. The van der Waals surface area contributed by atoms with Crippen LogP contribution < -0.4 is 9.47 Å². The second-order valence-electron chi connectivity index (χ2n) is 13.7. The summed E-state index contributed by atoms with van der Waals surface area (Å²) >= 11 is 0. The van der Waals surface area contributed by atoms with Gasteiger partial charge in [-0.05, 0) is 60.4 Å². The molecule has 1 amide bonds. The molecule has 1 aliphatic carbocycles. The molecule has 5 rings (SSSR count). The molecule has 3 aliphatic rings. The molecule has 2 aromatic rings. The molecule has 2 heterocycles. The Labute approximate surface area is 274 Å². The maximum Gasteiger partial charge on any atom is 0.410 e. The van der Waals surface area contributed by atoms with E-state index in [4.69, 9.17) is 33.2 Å². The standard InChI is InChI=1S/C36H49NO8Si/c1-36(2)43-25-30-22-29(10-15-33(30)45-36)34-23-37(35(38)44-34)17-16-27-6-11-31(12-7-27)41-19-18-39-24-28-8-13-32(14-9-28)42-26-40-20-21-46(3,4)5/h6,8-11,13-15,22,34H,7,12,16-21,23-26H2,1-5H3. The van der Waals surface area contributed by atoms with E-state index in [1.807, 2.05) is 62.4 Å². The van der Waals surface area contributed by atoms with Crippen LogP contribution in [0.4, 0.5) is 4.79 Å². The molecule has 0 spiro atoms. The molecule has 1 saturated heterocycles. The third-order valence-corrected chi connectivity index (χ3v) is 9.89. The van der Waals surface area contributed by atoms with E-state index in [2.05, 4.69) is 25.7 Å². The number of carbonyl (C=O) groups excluding carboxylic acids is 1. The summed E-state index contributed by atoms with van der Waals surface area (Å²) in [6, 6.07) is 15.0. The van der Waals surface area contributed by atoms with Crippen molar-refractivity contribution in [3.05, 3.63) is 82.6 Å². The molecule has 0 bridgehead atoms. The van der Waals surface area contributed by atoms with Gasteiger partial charge in [0.25, 0.3) is 0 Å². The number of rotatable bonds is 16. The average Bonchev–Trinajstić information content (AvgIpc) is 3.40. The van der Waals surface area contributed by atoms with E-state index < -0.39 is 13.9 Å². The summed E-state index contributed by atoms with van der Waals surface area (Å²) in [4.78, 5) is 14.4. The molecule has 10 heteroatoms. The van der Waals surface area contributed by atoms with Crippen molar-refractivity contribution < 1.29 is 38.0 Å². The Kier molecular flexibility index (Phi) is 11.5. The van der Waals surface area contributed by atoms with Crippen LogP contribution in [0.5, 0.6) is 11.5 Å². The van der Waals surface area contributed by atoms with Crippen LogP contribution in [-0.4, -0.2) is 64.6 Å². The summed E-state index contributed by atoms with van der Waals surface area (Å²) in [6.07, 6.45) is 6.16. The van der Waals surface area contributed by atoms with E-state index in [1.54, 1.807) is 4.90 Å². The Morgan fingerprint density at radius 1 is 0.957 bits per heavy atom. The van der Waals surface area contributed by atoms with Crippen LogP contribution in [0.25, 0.3) is 0 Å². The minimum atomic E-state index is -1.08. The molecule has 1 fully saturated rings. The zero-order valence-electron chi connectivity index (χ0n) is 28.0. The number of carbonyl (C=O) groups is 1. The highest BCUT2D eigenvalue weighted by molar-refractivity contribution is 6.76. The Morgan fingerprint density at radius 2 is 1.78 bits per heavy atom. The van der Waals surface area contributed by atoms with Gasteiger partial charge in [0.05, 0.1) is 32.1 Å². The van der Waals surface area contributed by atoms with Gasteiger partial charge in [-0.2, -0.15) is 0 Å². The summed E-state index contributed by atoms with van der Waals surface area (Å²) in [6.45, 7) is 15.0. The molecule has 250 valence electrons. The van der Waals surface area contributed by atoms with Gasteiger partial charge in [-0.25, -0.2) is 4.79 Å². The third kappa shape index (κ3) is 10.4. The Hall–Kier alpha value is -3.31. The fraction of sp³-hybridized carbons (Fsp3) is 0.528. The van der Waals surface area contributed by atoms with Crippen LogP contribution in [0.15, 0.2) is 65.9 Å². The minimum absolute atomic E-state index is 0.269. The van der Waals surface area contributed by atoms with Gasteiger partial charge in [-0.1, -0.05) is 49.5 Å². The molecule has 0 aromatic heterocycles. The molecule has 0 saturated carbocycles. The van der Waals surface area contributed by atoms with E-state index in [1.165, 1.54) is 5.57 Å². The molecule has 2 aromatic carbocycles. The largest absolute Gasteiger partial charge is 0.496 e. The van der Waals surface area contributed by atoms with E-state index in [0.717, 1.165) is 65.9 Å². The van der Waals surface area contributed by atoms with Crippen LogP contribution in [0.2, 0.25) is 25.7 Å². The smallest absolute Gasteiger partial charge is 0.410 e. The summed E-state index contributed by atoms with van der Waals surface area (Å²) in [5, 5.41) is 0. The normalized spacial score (nSPS) is 19.1. The monoisotopic (exact) mass is 651 g/mol. The van der Waals surface area contributed by atoms with Crippen molar-refractivity contribution in [2.75, 3.05) is 39.7 Å². The van der Waals surface area contributed by atoms with Gasteiger partial charge in [0.2, 0.25) is 5.79 Å². The van der Waals surface area contributed by atoms with Crippen LogP contribution in [0, 0.1) is 0 Å². The summed E-state index contributed by atoms with van der Waals surface area (Å²) in [7, 11) is -1.08. The van der Waals surface area contributed by atoms with Gasteiger partial charge >= 0.3 is 6.09 Å². The second-order valence-corrected chi connectivity index (χ2v) is 19.3. The summed E-state index contributed by atoms with van der Waals surface area (Å²) in [5.41, 5.74) is 4.32. The molecule has 1 unspecified atom stereocenters. The molecular weight excluding hydrogens is 602 g/mol. The van der Waals surface area contributed by atoms with Crippen LogP contribution in [0.1, 0.15) is 55.9 Å². The van der Waals surface area contributed by atoms with Crippen molar-refractivity contribution >= 4 is 14.2 Å². The maximum absolute atomic E-state index is 12.6. The average molecular weight is 652 g/mol. The molecule has 2 aliphatic heterocycles. The summed E-state index contributed by atoms with van der Waals surface area (Å²) < 4.78 is 40.4. The van der Waals surface area contributed by atoms with E-state index in [-0.39, 0.29) is 19.0 Å². The molecule has 0 radical (unpaired) electrons. The minimum Gasteiger partial charge on any atom is -0.496 e. The maximum atomic E-state index is 12.6. The lowest BCUT2D eigenvalue weighted by molar-refractivity contribution is -0.180. The number of fused-ring (bicyclic) bond motifs is 1. The predicted octanol–water partition coefficient (Wildman–Crippen LogP) is 7.74.